The molecule has 0 saturated heterocycles. The van der Waals surface area contributed by atoms with Crippen LogP contribution in [0.15, 0.2) is 42.5 Å². The third-order valence-electron chi connectivity index (χ3n) is 4.59. The largest absolute Gasteiger partial charge is 0.504 e. The molecule has 2 rings (SSSR count). The van der Waals surface area contributed by atoms with Gasteiger partial charge in [0.25, 0.3) is 5.91 Å². The third-order valence-corrected chi connectivity index (χ3v) is 4.59. The number of hydrogen-bond donors (Lipinski definition) is 5. The van der Waals surface area contributed by atoms with E-state index in [1.807, 2.05) is 13.8 Å². The SMILES string of the molecule is Cc1ccc(C(=O)NC(=O)OCCCC(C)NCC(O)c2ccc(O)c(O)c2)cc1. The van der Waals surface area contributed by atoms with Crippen LogP contribution in [0.25, 0.3) is 0 Å². The van der Waals surface area contributed by atoms with Crippen LogP contribution in [0, 0.1) is 6.92 Å². The highest BCUT2D eigenvalue weighted by Gasteiger charge is 2.13. The van der Waals surface area contributed by atoms with Gasteiger partial charge < -0.3 is 25.4 Å². The second-order valence-corrected chi connectivity index (χ2v) is 7.17. The Kier molecular flexibility index (Phi) is 8.64. The molecule has 0 spiro atoms. The van der Waals surface area contributed by atoms with Gasteiger partial charge in [-0.2, -0.15) is 0 Å². The topological polar surface area (TPSA) is 128 Å². The first kappa shape index (κ1) is 23.2. The van der Waals surface area contributed by atoms with Crippen LogP contribution in [-0.2, 0) is 4.74 Å². The molecule has 0 bridgehead atoms. The molecule has 0 radical (unpaired) electrons. The number of nitrogens with one attached hydrogen (secondary N) is 2. The zero-order chi connectivity index (χ0) is 22.1. The van der Waals surface area contributed by atoms with E-state index in [-0.39, 0.29) is 30.7 Å². The highest BCUT2D eigenvalue weighted by molar-refractivity contribution is 6.02. The van der Waals surface area contributed by atoms with Crippen molar-refractivity contribution in [3.8, 4) is 11.5 Å². The van der Waals surface area contributed by atoms with E-state index < -0.39 is 18.1 Å². The van der Waals surface area contributed by atoms with Crippen molar-refractivity contribution in [1.82, 2.24) is 10.6 Å². The fraction of sp³-hybridized carbons (Fsp3) is 0.364. The van der Waals surface area contributed by atoms with E-state index in [0.717, 1.165) is 5.56 Å². The summed E-state index contributed by atoms with van der Waals surface area (Å²) in [5, 5.41) is 34.3. The van der Waals surface area contributed by atoms with Crippen LogP contribution >= 0.6 is 0 Å². The van der Waals surface area contributed by atoms with Gasteiger partial charge in [-0.3, -0.25) is 10.1 Å². The summed E-state index contributed by atoms with van der Waals surface area (Å²) in [5.41, 5.74) is 1.89. The van der Waals surface area contributed by atoms with E-state index in [4.69, 9.17) is 4.74 Å². The zero-order valence-corrected chi connectivity index (χ0v) is 17.1. The summed E-state index contributed by atoms with van der Waals surface area (Å²) in [7, 11) is 0. The predicted octanol–water partition coefficient (Wildman–Crippen LogP) is 2.76. The number of phenols is 2. The second-order valence-electron chi connectivity index (χ2n) is 7.17. The average molecular weight is 416 g/mol. The van der Waals surface area contributed by atoms with Gasteiger partial charge in [0.05, 0.1) is 12.7 Å². The first-order chi connectivity index (χ1) is 14.3. The first-order valence-electron chi connectivity index (χ1n) is 9.74. The van der Waals surface area contributed by atoms with Crippen LogP contribution in [0.4, 0.5) is 4.79 Å². The molecule has 162 valence electrons. The molecule has 2 aromatic carbocycles. The molecule has 0 aliphatic heterocycles. The number of benzene rings is 2. The van der Waals surface area contributed by atoms with Gasteiger partial charge in [-0.1, -0.05) is 23.8 Å². The average Bonchev–Trinajstić information content (AvgIpc) is 2.71. The number of phenolic OH excluding ortho intramolecular Hbond substituents is 2. The number of alkyl carbamates (subject to hydrolysis) is 1. The Balaban J connectivity index is 1.62. The van der Waals surface area contributed by atoms with E-state index >= 15 is 0 Å². The van der Waals surface area contributed by atoms with Gasteiger partial charge in [0.2, 0.25) is 0 Å². The maximum atomic E-state index is 11.9. The molecule has 2 amide bonds. The number of amides is 2. The maximum absolute atomic E-state index is 11.9. The van der Waals surface area contributed by atoms with E-state index in [0.29, 0.717) is 24.0 Å². The van der Waals surface area contributed by atoms with Gasteiger partial charge in [0, 0.05) is 18.2 Å². The van der Waals surface area contributed by atoms with Crippen molar-refractivity contribution in [1.29, 1.82) is 0 Å². The lowest BCUT2D eigenvalue weighted by Crippen LogP contribution is -2.32. The molecule has 0 fully saturated rings. The number of aliphatic hydroxyl groups excluding tert-OH is 1. The fourth-order valence-corrected chi connectivity index (χ4v) is 2.74. The van der Waals surface area contributed by atoms with Crippen molar-refractivity contribution in [2.24, 2.45) is 0 Å². The van der Waals surface area contributed by atoms with Crippen molar-refractivity contribution in [2.45, 2.75) is 38.8 Å². The van der Waals surface area contributed by atoms with Gasteiger partial charge in [0.1, 0.15) is 0 Å². The molecule has 5 N–H and O–H groups in total. The summed E-state index contributed by atoms with van der Waals surface area (Å²) >= 11 is 0. The number of aryl methyl sites for hydroxylation is 1. The Hall–Kier alpha value is -3.10. The fourth-order valence-electron chi connectivity index (χ4n) is 2.74. The molecule has 2 unspecified atom stereocenters. The van der Waals surface area contributed by atoms with Crippen LogP contribution in [0.1, 0.15) is 47.4 Å². The molecular formula is C22H28N2O6. The van der Waals surface area contributed by atoms with Crippen LogP contribution in [0.2, 0.25) is 0 Å². The summed E-state index contributed by atoms with van der Waals surface area (Å²) in [4.78, 5) is 23.7. The Morgan fingerprint density at radius 2 is 1.77 bits per heavy atom. The molecule has 0 saturated carbocycles. The van der Waals surface area contributed by atoms with Crippen LogP contribution in [0.3, 0.4) is 0 Å². The summed E-state index contributed by atoms with van der Waals surface area (Å²) in [6.45, 7) is 4.26. The summed E-state index contributed by atoms with van der Waals surface area (Å²) in [6, 6.07) is 11.1. The van der Waals surface area contributed by atoms with Gasteiger partial charge in [-0.05, 0) is 56.5 Å². The molecule has 0 heterocycles. The minimum Gasteiger partial charge on any atom is -0.504 e. The Labute approximate surface area is 175 Å². The van der Waals surface area contributed by atoms with Crippen LogP contribution < -0.4 is 10.6 Å². The minimum absolute atomic E-state index is 0.0474. The monoisotopic (exact) mass is 416 g/mol. The number of carbonyl (C=O) groups excluding carboxylic acids is 2. The van der Waals surface area contributed by atoms with Crippen molar-refractivity contribution in [3.05, 3.63) is 59.2 Å². The van der Waals surface area contributed by atoms with E-state index in [9.17, 15) is 24.9 Å². The number of carbonyl (C=O) groups is 2. The standard InChI is InChI=1S/C22H28N2O6/c1-14-5-7-16(8-6-14)21(28)24-22(29)30-11-3-4-15(2)23-13-20(27)17-9-10-18(25)19(26)12-17/h5-10,12,15,20,23,25-27H,3-4,11,13H2,1-2H3,(H,24,28,29). The van der Waals surface area contributed by atoms with Gasteiger partial charge in [-0.15, -0.1) is 0 Å². The lowest BCUT2D eigenvalue weighted by atomic mass is 10.1. The van der Waals surface area contributed by atoms with Gasteiger partial charge >= 0.3 is 6.09 Å². The molecule has 8 nitrogen and oxygen atoms in total. The lowest BCUT2D eigenvalue weighted by molar-refractivity contribution is 0.0917. The lowest BCUT2D eigenvalue weighted by Gasteiger charge is -2.17. The normalized spacial score (nSPS) is 12.8. The maximum Gasteiger partial charge on any atom is 0.414 e. The quantitative estimate of drug-likeness (QED) is 0.314. The van der Waals surface area contributed by atoms with E-state index in [2.05, 4.69) is 10.6 Å². The van der Waals surface area contributed by atoms with Gasteiger partial charge in [-0.25, -0.2) is 4.79 Å². The predicted molar refractivity (Wildman–Crippen MR) is 111 cm³/mol. The number of aliphatic hydroxyl groups is 1. The van der Waals surface area contributed by atoms with Crippen molar-refractivity contribution >= 4 is 12.0 Å². The Bertz CT molecular complexity index is 853. The molecule has 0 aliphatic rings. The molecule has 2 aromatic rings. The molecular weight excluding hydrogens is 388 g/mol. The second kappa shape index (κ2) is 11.2. The van der Waals surface area contributed by atoms with E-state index in [1.54, 1.807) is 24.3 Å². The smallest absolute Gasteiger partial charge is 0.414 e. The summed E-state index contributed by atoms with van der Waals surface area (Å²) < 4.78 is 5.03. The highest BCUT2D eigenvalue weighted by atomic mass is 16.5. The minimum atomic E-state index is -0.839. The van der Waals surface area contributed by atoms with Crippen molar-refractivity contribution in [3.63, 3.8) is 0 Å². The van der Waals surface area contributed by atoms with E-state index in [1.165, 1.54) is 18.2 Å². The number of imide groups is 1. The van der Waals surface area contributed by atoms with Gasteiger partial charge in [0.15, 0.2) is 11.5 Å². The Morgan fingerprint density at radius 1 is 1.07 bits per heavy atom. The molecule has 0 aliphatic carbocycles. The summed E-state index contributed by atoms with van der Waals surface area (Å²) in [6.07, 6.45) is -0.360. The first-order valence-corrected chi connectivity index (χ1v) is 9.74. The number of aromatic hydroxyl groups is 2. The number of hydrogen-bond acceptors (Lipinski definition) is 7. The Morgan fingerprint density at radius 3 is 2.43 bits per heavy atom. The number of rotatable bonds is 9. The molecule has 8 heteroatoms. The molecule has 2 atom stereocenters. The third kappa shape index (κ3) is 7.38. The van der Waals surface area contributed by atoms with Crippen molar-refractivity contribution in [2.75, 3.05) is 13.2 Å². The molecule has 30 heavy (non-hydrogen) atoms. The zero-order valence-electron chi connectivity index (χ0n) is 17.1. The van der Waals surface area contributed by atoms with Crippen LogP contribution in [0.5, 0.6) is 11.5 Å². The highest BCUT2D eigenvalue weighted by Crippen LogP contribution is 2.27. The molecule has 0 aromatic heterocycles. The summed E-state index contributed by atoms with van der Waals surface area (Å²) in [5.74, 6) is -1.03. The number of ether oxygens (including phenoxy) is 1. The van der Waals surface area contributed by atoms with Crippen LogP contribution in [-0.4, -0.2) is 46.5 Å². The van der Waals surface area contributed by atoms with Crippen molar-refractivity contribution < 1.29 is 29.6 Å².